The van der Waals surface area contributed by atoms with Gasteiger partial charge in [-0.3, -0.25) is 0 Å². The van der Waals surface area contributed by atoms with Crippen molar-refractivity contribution in [3.05, 3.63) is 53.8 Å². The van der Waals surface area contributed by atoms with Gasteiger partial charge in [0.25, 0.3) is 0 Å². The topological polar surface area (TPSA) is 59.6 Å². The van der Waals surface area contributed by atoms with Crippen LogP contribution >= 0.6 is 12.2 Å². The van der Waals surface area contributed by atoms with Crippen LogP contribution in [0, 0.1) is 0 Å². The van der Waals surface area contributed by atoms with Gasteiger partial charge < -0.3 is 20.1 Å². The third kappa shape index (κ3) is 3.46. The van der Waals surface area contributed by atoms with E-state index in [4.69, 9.17) is 21.7 Å². The number of carbonyl (C=O) groups excluding carboxylic acids is 1. The summed E-state index contributed by atoms with van der Waals surface area (Å²) in [6.45, 7) is 5.50. The minimum Gasteiger partial charge on any atom is -0.497 e. The molecule has 6 heteroatoms. The highest BCUT2D eigenvalue weighted by Gasteiger charge is 2.30. The zero-order chi connectivity index (χ0) is 16.1. The smallest absolute Gasteiger partial charge is 0.338 e. The summed E-state index contributed by atoms with van der Waals surface area (Å²) < 4.78 is 10.4. The van der Waals surface area contributed by atoms with E-state index in [1.807, 2.05) is 24.3 Å². The molecule has 0 aliphatic carbocycles. The van der Waals surface area contributed by atoms with E-state index in [-0.39, 0.29) is 12.6 Å². The fourth-order valence-corrected chi connectivity index (χ4v) is 2.52. The van der Waals surface area contributed by atoms with E-state index in [0.29, 0.717) is 22.1 Å². The van der Waals surface area contributed by atoms with Gasteiger partial charge >= 0.3 is 5.97 Å². The number of thiocarbonyl (C=S) groups is 1. The number of hydrogen-bond acceptors (Lipinski definition) is 4. The fourth-order valence-electron chi connectivity index (χ4n) is 2.25. The Morgan fingerprint density at radius 2 is 2.27 bits per heavy atom. The summed E-state index contributed by atoms with van der Waals surface area (Å²) in [5.74, 6) is 0.299. The molecule has 1 heterocycles. The average molecular weight is 318 g/mol. The van der Waals surface area contributed by atoms with Gasteiger partial charge in [-0.15, -0.1) is 0 Å². The molecule has 0 bridgehead atoms. The molecule has 0 saturated carbocycles. The zero-order valence-corrected chi connectivity index (χ0v) is 13.3. The summed E-state index contributed by atoms with van der Waals surface area (Å²) in [6.07, 6.45) is 1.53. The highest BCUT2D eigenvalue weighted by atomic mass is 32.1. The second-order valence-corrected chi connectivity index (χ2v) is 5.14. The maximum atomic E-state index is 12.3. The molecule has 0 fully saturated rings. The summed E-state index contributed by atoms with van der Waals surface area (Å²) >= 11 is 5.19. The minimum atomic E-state index is -0.410. The third-order valence-corrected chi connectivity index (χ3v) is 3.47. The fraction of sp³-hybridized carbons (Fsp3) is 0.250. The SMILES string of the molecule is C=CCOC(=O)C1=C(C)NC(=S)N[C@@H]1c1cccc(OC)c1. The normalized spacial score (nSPS) is 17.4. The lowest BCUT2D eigenvalue weighted by Crippen LogP contribution is -2.45. The van der Waals surface area contributed by atoms with E-state index in [1.165, 1.54) is 6.08 Å². The van der Waals surface area contributed by atoms with E-state index in [1.54, 1.807) is 14.0 Å². The first kappa shape index (κ1) is 16.0. The summed E-state index contributed by atoms with van der Waals surface area (Å²) in [7, 11) is 1.60. The van der Waals surface area contributed by atoms with E-state index in [9.17, 15) is 4.79 Å². The summed E-state index contributed by atoms with van der Waals surface area (Å²) in [6, 6.07) is 7.08. The molecule has 2 rings (SSSR count). The lowest BCUT2D eigenvalue weighted by atomic mass is 9.95. The highest BCUT2D eigenvalue weighted by molar-refractivity contribution is 7.80. The van der Waals surface area contributed by atoms with Gasteiger partial charge in [0.2, 0.25) is 0 Å². The lowest BCUT2D eigenvalue weighted by molar-refractivity contribution is -0.138. The number of nitrogens with one attached hydrogen (secondary N) is 2. The predicted molar refractivity (Wildman–Crippen MR) is 88.5 cm³/mol. The van der Waals surface area contributed by atoms with Crippen LogP contribution in [0.2, 0.25) is 0 Å². The number of ether oxygens (including phenoxy) is 2. The van der Waals surface area contributed by atoms with Gasteiger partial charge in [0, 0.05) is 5.70 Å². The van der Waals surface area contributed by atoms with Gasteiger partial charge in [-0.05, 0) is 36.8 Å². The van der Waals surface area contributed by atoms with Gasteiger partial charge in [-0.25, -0.2) is 4.79 Å². The second-order valence-electron chi connectivity index (χ2n) is 4.73. The number of benzene rings is 1. The second kappa shape index (κ2) is 7.09. The Labute approximate surface area is 135 Å². The Morgan fingerprint density at radius 3 is 2.95 bits per heavy atom. The molecule has 2 N–H and O–H groups in total. The van der Waals surface area contributed by atoms with Crippen LogP contribution in [0.3, 0.4) is 0 Å². The molecule has 116 valence electrons. The summed E-state index contributed by atoms with van der Waals surface area (Å²) in [5, 5.41) is 6.52. The van der Waals surface area contributed by atoms with Crippen molar-refractivity contribution in [3.8, 4) is 5.75 Å². The lowest BCUT2D eigenvalue weighted by Gasteiger charge is -2.30. The van der Waals surface area contributed by atoms with Gasteiger partial charge in [-0.2, -0.15) is 0 Å². The quantitative estimate of drug-likeness (QED) is 0.493. The molecule has 0 radical (unpaired) electrons. The van der Waals surface area contributed by atoms with Gasteiger partial charge in [0.15, 0.2) is 5.11 Å². The van der Waals surface area contributed by atoms with Crippen molar-refractivity contribution in [3.63, 3.8) is 0 Å². The first-order valence-electron chi connectivity index (χ1n) is 6.77. The van der Waals surface area contributed by atoms with Crippen molar-refractivity contribution < 1.29 is 14.3 Å². The van der Waals surface area contributed by atoms with E-state index in [0.717, 1.165) is 5.56 Å². The van der Waals surface area contributed by atoms with Crippen molar-refractivity contribution in [1.82, 2.24) is 10.6 Å². The highest BCUT2D eigenvalue weighted by Crippen LogP contribution is 2.29. The largest absolute Gasteiger partial charge is 0.497 e. The summed E-state index contributed by atoms with van der Waals surface area (Å²) in [5.41, 5.74) is 2.03. The van der Waals surface area contributed by atoms with Crippen LogP contribution in [0.25, 0.3) is 0 Å². The third-order valence-electron chi connectivity index (χ3n) is 3.25. The Hall–Kier alpha value is -2.34. The average Bonchev–Trinajstić information content (AvgIpc) is 2.51. The summed E-state index contributed by atoms with van der Waals surface area (Å²) in [4.78, 5) is 12.3. The number of hydrogen-bond donors (Lipinski definition) is 2. The predicted octanol–water partition coefficient (Wildman–Crippen LogP) is 2.22. The molecule has 0 spiro atoms. The Kier molecular flexibility index (Phi) is 5.16. The number of esters is 1. The van der Waals surface area contributed by atoms with Crippen LogP contribution in [-0.4, -0.2) is 24.8 Å². The number of rotatable bonds is 5. The van der Waals surface area contributed by atoms with Crippen molar-refractivity contribution in [2.45, 2.75) is 13.0 Å². The molecule has 0 aromatic heterocycles. The molecule has 5 nitrogen and oxygen atoms in total. The minimum absolute atomic E-state index is 0.158. The van der Waals surface area contributed by atoms with Gasteiger partial charge in [0.1, 0.15) is 12.4 Å². The number of carbonyl (C=O) groups is 1. The number of methoxy groups -OCH3 is 1. The van der Waals surface area contributed by atoms with Gasteiger partial charge in [0.05, 0.1) is 18.7 Å². The van der Waals surface area contributed by atoms with E-state index >= 15 is 0 Å². The van der Waals surface area contributed by atoms with Crippen LogP contribution in [0.4, 0.5) is 0 Å². The Balaban J connectivity index is 2.40. The van der Waals surface area contributed by atoms with Crippen LogP contribution < -0.4 is 15.4 Å². The molecule has 1 aromatic rings. The number of allylic oxidation sites excluding steroid dienone is 1. The monoisotopic (exact) mass is 318 g/mol. The first-order chi connectivity index (χ1) is 10.6. The van der Waals surface area contributed by atoms with Crippen LogP contribution in [0.1, 0.15) is 18.5 Å². The molecular weight excluding hydrogens is 300 g/mol. The van der Waals surface area contributed by atoms with Crippen molar-refractivity contribution in [2.24, 2.45) is 0 Å². The van der Waals surface area contributed by atoms with Crippen molar-refractivity contribution >= 4 is 23.3 Å². The van der Waals surface area contributed by atoms with E-state index in [2.05, 4.69) is 17.2 Å². The molecule has 1 atom stereocenters. The first-order valence-corrected chi connectivity index (χ1v) is 7.18. The molecule has 1 aromatic carbocycles. The van der Waals surface area contributed by atoms with Crippen LogP contribution in [0.15, 0.2) is 48.2 Å². The van der Waals surface area contributed by atoms with Crippen molar-refractivity contribution in [1.29, 1.82) is 0 Å². The molecular formula is C16H18N2O3S. The standard InChI is InChI=1S/C16H18N2O3S/c1-4-8-21-15(19)13-10(2)17-16(22)18-14(13)11-6-5-7-12(9-11)20-3/h4-7,9,14H,1,8H2,2-3H3,(H2,17,18,22)/t14-/m1/s1. The van der Waals surface area contributed by atoms with Crippen molar-refractivity contribution in [2.75, 3.05) is 13.7 Å². The van der Waals surface area contributed by atoms with Crippen LogP contribution in [-0.2, 0) is 9.53 Å². The Bertz CT molecular complexity index is 640. The van der Waals surface area contributed by atoms with Gasteiger partial charge in [-0.1, -0.05) is 24.8 Å². The maximum absolute atomic E-state index is 12.3. The zero-order valence-electron chi connectivity index (χ0n) is 12.5. The Morgan fingerprint density at radius 1 is 1.50 bits per heavy atom. The molecule has 1 aliphatic heterocycles. The van der Waals surface area contributed by atoms with E-state index < -0.39 is 5.97 Å². The molecule has 0 unspecified atom stereocenters. The molecule has 0 saturated heterocycles. The molecule has 22 heavy (non-hydrogen) atoms. The molecule has 0 amide bonds. The van der Waals surface area contributed by atoms with Crippen LogP contribution in [0.5, 0.6) is 5.75 Å². The molecule has 1 aliphatic rings. The maximum Gasteiger partial charge on any atom is 0.338 e.